The lowest BCUT2D eigenvalue weighted by Gasteiger charge is -2.31. The first kappa shape index (κ1) is 17.1. The molecule has 5 nitrogen and oxygen atoms in total. The third kappa shape index (κ3) is 4.44. The molecule has 0 radical (unpaired) electrons. The van der Waals surface area contributed by atoms with Crippen LogP contribution in [-0.4, -0.2) is 34.8 Å². The van der Waals surface area contributed by atoms with Crippen LogP contribution in [0, 0.1) is 5.92 Å². The zero-order valence-corrected chi connectivity index (χ0v) is 14.4. The van der Waals surface area contributed by atoms with Gasteiger partial charge in [-0.3, -0.25) is 14.6 Å². The molecule has 130 valence electrons. The van der Waals surface area contributed by atoms with Gasteiger partial charge in [0.05, 0.1) is 0 Å². The average molecular weight is 337 g/mol. The molecule has 1 aliphatic rings. The lowest BCUT2D eigenvalue weighted by Crippen LogP contribution is -2.39. The maximum atomic E-state index is 12.6. The van der Waals surface area contributed by atoms with Crippen molar-refractivity contribution < 1.29 is 9.59 Å². The van der Waals surface area contributed by atoms with E-state index in [2.05, 4.69) is 17.2 Å². The first-order valence-corrected chi connectivity index (χ1v) is 8.70. The Kier molecular flexibility index (Phi) is 5.43. The van der Waals surface area contributed by atoms with Crippen LogP contribution in [0.1, 0.15) is 46.0 Å². The third-order valence-corrected chi connectivity index (χ3v) is 4.51. The molecule has 25 heavy (non-hydrogen) atoms. The van der Waals surface area contributed by atoms with Crippen molar-refractivity contribution in [2.45, 2.75) is 26.3 Å². The SMILES string of the molecule is CC1CCCN(C(=O)c2ccc(C(=O)NCc3cccnc3)cc2)C1. The molecule has 0 bridgehead atoms. The van der Waals surface area contributed by atoms with Crippen molar-refractivity contribution in [1.29, 1.82) is 0 Å². The summed E-state index contributed by atoms with van der Waals surface area (Å²) in [6.07, 6.45) is 5.66. The van der Waals surface area contributed by atoms with Gasteiger partial charge in [-0.1, -0.05) is 13.0 Å². The summed E-state index contributed by atoms with van der Waals surface area (Å²) in [4.78, 5) is 30.7. The van der Waals surface area contributed by atoms with Crippen LogP contribution in [0.5, 0.6) is 0 Å². The minimum absolute atomic E-state index is 0.0499. The number of amides is 2. The van der Waals surface area contributed by atoms with Crippen molar-refractivity contribution in [3.8, 4) is 0 Å². The lowest BCUT2D eigenvalue weighted by atomic mass is 9.99. The topological polar surface area (TPSA) is 62.3 Å². The van der Waals surface area contributed by atoms with Gasteiger partial charge in [-0.15, -0.1) is 0 Å². The number of rotatable bonds is 4. The number of piperidine rings is 1. The summed E-state index contributed by atoms with van der Waals surface area (Å²) < 4.78 is 0. The van der Waals surface area contributed by atoms with Crippen molar-refractivity contribution in [2.75, 3.05) is 13.1 Å². The van der Waals surface area contributed by atoms with E-state index >= 15 is 0 Å². The van der Waals surface area contributed by atoms with Crippen LogP contribution in [-0.2, 0) is 6.54 Å². The number of aromatic nitrogens is 1. The number of nitrogens with zero attached hydrogens (tertiary/aromatic N) is 2. The molecule has 1 atom stereocenters. The second-order valence-electron chi connectivity index (χ2n) is 6.62. The molecule has 2 heterocycles. The van der Waals surface area contributed by atoms with Gasteiger partial charge in [-0.2, -0.15) is 0 Å². The van der Waals surface area contributed by atoms with E-state index < -0.39 is 0 Å². The van der Waals surface area contributed by atoms with Crippen LogP contribution >= 0.6 is 0 Å². The van der Waals surface area contributed by atoms with Gasteiger partial charge >= 0.3 is 0 Å². The highest BCUT2D eigenvalue weighted by molar-refractivity contribution is 5.97. The molecule has 1 saturated heterocycles. The largest absolute Gasteiger partial charge is 0.348 e. The summed E-state index contributed by atoms with van der Waals surface area (Å²) in [5.41, 5.74) is 2.13. The first-order chi connectivity index (χ1) is 12.1. The molecule has 2 aromatic rings. The molecule has 1 N–H and O–H groups in total. The smallest absolute Gasteiger partial charge is 0.253 e. The van der Waals surface area contributed by atoms with Crippen LogP contribution < -0.4 is 5.32 Å². The monoisotopic (exact) mass is 337 g/mol. The van der Waals surface area contributed by atoms with Gasteiger partial charge in [-0.25, -0.2) is 0 Å². The summed E-state index contributed by atoms with van der Waals surface area (Å²) in [5, 5.41) is 2.86. The van der Waals surface area contributed by atoms with E-state index in [4.69, 9.17) is 0 Å². The number of hydrogen-bond acceptors (Lipinski definition) is 3. The van der Waals surface area contributed by atoms with Crippen LogP contribution in [0.4, 0.5) is 0 Å². The Hall–Kier alpha value is -2.69. The van der Waals surface area contributed by atoms with Crippen molar-refractivity contribution in [1.82, 2.24) is 15.2 Å². The summed E-state index contributed by atoms with van der Waals surface area (Å²) in [6.45, 7) is 4.23. The molecule has 2 amide bonds. The molecule has 0 spiro atoms. The fourth-order valence-electron chi connectivity index (χ4n) is 3.11. The average Bonchev–Trinajstić information content (AvgIpc) is 2.66. The summed E-state index contributed by atoms with van der Waals surface area (Å²) >= 11 is 0. The highest BCUT2D eigenvalue weighted by Crippen LogP contribution is 2.18. The second-order valence-corrected chi connectivity index (χ2v) is 6.62. The Morgan fingerprint density at radius 3 is 2.64 bits per heavy atom. The van der Waals surface area contributed by atoms with E-state index in [9.17, 15) is 9.59 Å². The molecule has 5 heteroatoms. The maximum absolute atomic E-state index is 12.6. The molecule has 0 aliphatic carbocycles. The van der Waals surface area contributed by atoms with Crippen LogP contribution in [0.3, 0.4) is 0 Å². The highest BCUT2D eigenvalue weighted by Gasteiger charge is 2.22. The standard InChI is InChI=1S/C20H23N3O2/c1-15-4-3-11-23(14-15)20(25)18-8-6-17(7-9-18)19(24)22-13-16-5-2-10-21-12-16/h2,5-10,12,15H,3-4,11,13-14H2,1H3,(H,22,24). The van der Waals surface area contributed by atoms with E-state index in [-0.39, 0.29) is 11.8 Å². The van der Waals surface area contributed by atoms with Crippen LogP contribution in [0.15, 0.2) is 48.8 Å². The van der Waals surface area contributed by atoms with Crippen molar-refractivity contribution in [3.05, 3.63) is 65.5 Å². The zero-order chi connectivity index (χ0) is 17.6. The highest BCUT2D eigenvalue weighted by atomic mass is 16.2. The molecule has 1 aliphatic heterocycles. The molecular weight excluding hydrogens is 314 g/mol. The predicted molar refractivity (Wildman–Crippen MR) is 96.2 cm³/mol. The summed E-state index contributed by atoms with van der Waals surface area (Å²) in [6, 6.07) is 10.6. The molecule has 1 unspecified atom stereocenters. The Bertz CT molecular complexity index is 728. The quantitative estimate of drug-likeness (QED) is 0.933. The molecule has 1 aromatic carbocycles. The fourth-order valence-corrected chi connectivity index (χ4v) is 3.11. The summed E-state index contributed by atoms with van der Waals surface area (Å²) in [5.74, 6) is 0.443. The number of likely N-dealkylation sites (tertiary alicyclic amines) is 1. The zero-order valence-electron chi connectivity index (χ0n) is 14.4. The Labute approximate surface area is 148 Å². The Morgan fingerprint density at radius 1 is 1.20 bits per heavy atom. The summed E-state index contributed by atoms with van der Waals surface area (Å²) in [7, 11) is 0. The van der Waals surface area contributed by atoms with Gasteiger partial charge in [0.15, 0.2) is 0 Å². The van der Waals surface area contributed by atoms with E-state index in [1.54, 1.807) is 36.7 Å². The molecule has 1 fully saturated rings. The Balaban J connectivity index is 1.59. The molecule has 0 saturated carbocycles. The fraction of sp³-hybridized carbons (Fsp3) is 0.350. The van der Waals surface area contributed by atoms with Crippen molar-refractivity contribution in [2.24, 2.45) is 5.92 Å². The maximum Gasteiger partial charge on any atom is 0.253 e. The second kappa shape index (κ2) is 7.92. The minimum Gasteiger partial charge on any atom is -0.348 e. The van der Waals surface area contributed by atoms with E-state index in [1.165, 1.54) is 6.42 Å². The number of carbonyl (C=O) groups is 2. The van der Waals surface area contributed by atoms with E-state index in [0.717, 1.165) is 25.1 Å². The van der Waals surface area contributed by atoms with E-state index in [0.29, 0.717) is 23.6 Å². The van der Waals surface area contributed by atoms with Crippen molar-refractivity contribution in [3.63, 3.8) is 0 Å². The Morgan fingerprint density at radius 2 is 1.96 bits per heavy atom. The number of benzene rings is 1. The number of hydrogen-bond donors (Lipinski definition) is 1. The van der Waals surface area contributed by atoms with E-state index in [1.807, 2.05) is 17.0 Å². The van der Waals surface area contributed by atoms with Gasteiger partial charge in [-0.05, 0) is 54.7 Å². The molecule has 1 aromatic heterocycles. The minimum atomic E-state index is -0.158. The van der Waals surface area contributed by atoms with Crippen LogP contribution in [0.25, 0.3) is 0 Å². The number of pyridine rings is 1. The van der Waals surface area contributed by atoms with Gasteiger partial charge in [0.1, 0.15) is 0 Å². The predicted octanol–water partition coefficient (Wildman–Crippen LogP) is 2.88. The third-order valence-electron chi connectivity index (χ3n) is 4.51. The van der Waals surface area contributed by atoms with Gasteiger partial charge in [0, 0.05) is 43.2 Å². The normalized spacial score (nSPS) is 17.2. The lowest BCUT2D eigenvalue weighted by molar-refractivity contribution is 0.0682. The number of carbonyl (C=O) groups excluding carboxylic acids is 2. The first-order valence-electron chi connectivity index (χ1n) is 8.70. The van der Waals surface area contributed by atoms with Gasteiger partial charge in [0.2, 0.25) is 0 Å². The molecule has 3 rings (SSSR count). The molecular formula is C20H23N3O2. The van der Waals surface area contributed by atoms with Gasteiger partial charge < -0.3 is 10.2 Å². The van der Waals surface area contributed by atoms with Crippen LogP contribution in [0.2, 0.25) is 0 Å². The van der Waals surface area contributed by atoms with Gasteiger partial charge in [0.25, 0.3) is 11.8 Å². The van der Waals surface area contributed by atoms with Crippen molar-refractivity contribution >= 4 is 11.8 Å². The number of nitrogens with one attached hydrogen (secondary N) is 1.